The van der Waals surface area contributed by atoms with Gasteiger partial charge in [0.1, 0.15) is 5.60 Å². The van der Waals surface area contributed by atoms with Gasteiger partial charge in [-0.15, -0.1) is 0 Å². The molecule has 8 heteroatoms. The lowest BCUT2D eigenvalue weighted by atomic mass is 9.85. The first-order valence-electron chi connectivity index (χ1n) is 10.0. The molecule has 3 rings (SSSR count). The van der Waals surface area contributed by atoms with E-state index in [0.29, 0.717) is 29.1 Å². The Balaban J connectivity index is 1.83. The van der Waals surface area contributed by atoms with Gasteiger partial charge in [0, 0.05) is 35.6 Å². The Morgan fingerprint density at radius 3 is 2.39 bits per heavy atom. The van der Waals surface area contributed by atoms with Crippen molar-refractivity contribution in [2.45, 2.75) is 44.8 Å². The van der Waals surface area contributed by atoms with Crippen molar-refractivity contribution in [2.75, 3.05) is 13.1 Å². The molecule has 2 aromatic rings. The summed E-state index contributed by atoms with van der Waals surface area (Å²) in [6, 6.07) is 9.72. The molecule has 0 bridgehead atoms. The maximum absolute atomic E-state index is 13.9. The fourth-order valence-corrected chi connectivity index (χ4v) is 3.68. The molecule has 0 aromatic heterocycles. The molecule has 2 amide bonds. The second-order valence-electron chi connectivity index (χ2n) is 8.58. The lowest BCUT2D eigenvalue weighted by Crippen LogP contribution is -2.52. The van der Waals surface area contributed by atoms with Gasteiger partial charge in [0.15, 0.2) is 11.6 Å². The number of carbonyl (C=O) groups is 2. The molecular formula is C23H25ClF2N2O3. The van der Waals surface area contributed by atoms with Crippen LogP contribution in [0.25, 0.3) is 0 Å². The molecule has 1 heterocycles. The summed E-state index contributed by atoms with van der Waals surface area (Å²) >= 11 is 5.88. The number of ether oxygens (including phenoxy) is 1. The van der Waals surface area contributed by atoms with E-state index in [1.54, 1.807) is 45.0 Å². The summed E-state index contributed by atoms with van der Waals surface area (Å²) in [6.07, 6.45) is -0.0510. The molecule has 0 aliphatic carbocycles. The van der Waals surface area contributed by atoms with Gasteiger partial charge in [0.25, 0.3) is 5.91 Å². The third kappa shape index (κ3) is 5.94. The molecule has 31 heavy (non-hydrogen) atoms. The van der Waals surface area contributed by atoms with Crippen molar-refractivity contribution in [3.05, 3.63) is 70.2 Å². The number of rotatable bonds is 3. The Kier molecular flexibility index (Phi) is 6.84. The standard InChI is InChI=1S/C23H25ClF2N2O3/c1-23(2,3)31-22(30)28-11-10-20(27-21(29)14-4-7-16(24)8-5-14)17(13-28)15-6-9-18(25)19(26)12-15/h4-9,12,17,20H,10-11,13H2,1-3H3,(H,27,29)/t17?,20-/m1/s1. The highest BCUT2D eigenvalue weighted by Gasteiger charge is 2.35. The van der Waals surface area contributed by atoms with E-state index in [0.717, 1.165) is 12.1 Å². The normalized spacial score (nSPS) is 19.1. The number of piperidine rings is 1. The van der Waals surface area contributed by atoms with Gasteiger partial charge in [-0.1, -0.05) is 17.7 Å². The van der Waals surface area contributed by atoms with Gasteiger partial charge in [-0.2, -0.15) is 0 Å². The second-order valence-corrected chi connectivity index (χ2v) is 9.02. The van der Waals surface area contributed by atoms with Crippen LogP contribution in [0.4, 0.5) is 13.6 Å². The van der Waals surface area contributed by atoms with E-state index in [2.05, 4.69) is 5.32 Å². The maximum Gasteiger partial charge on any atom is 0.410 e. The zero-order chi connectivity index (χ0) is 22.8. The van der Waals surface area contributed by atoms with Crippen LogP contribution in [0.15, 0.2) is 42.5 Å². The molecular weight excluding hydrogens is 426 g/mol. The molecule has 1 aliphatic heterocycles. The first kappa shape index (κ1) is 23.0. The SMILES string of the molecule is CC(C)(C)OC(=O)N1CC[C@@H](NC(=O)c2ccc(Cl)cc2)C(c2ccc(F)c(F)c2)C1. The third-order valence-corrected chi connectivity index (χ3v) is 5.31. The van der Waals surface area contributed by atoms with Crippen LogP contribution in [-0.4, -0.2) is 41.6 Å². The molecule has 166 valence electrons. The number of carbonyl (C=O) groups excluding carboxylic acids is 2. The van der Waals surface area contributed by atoms with Gasteiger partial charge in [-0.3, -0.25) is 4.79 Å². The number of amides is 2. The maximum atomic E-state index is 13.9. The second kappa shape index (κ2) is 9.22. The summed E-state index contributed by atoms with van der Waals surface area (Å²) in [7, 11) is 0. The van der Waals surface area contributed by atoms with E-state index in [-0.39, 0.29) is 18.5 Å². The molecule has 1 fully saturated rings. The van der Waals surface area contributed by atoms with E-state index in [1.807, 2.05) is 0 Å². The minimum Gasteiger partial charge on any atom is -0.444 e. The number of likely N-dealkylation sites (tertiary alicyclic amines) is 1. The highest BCUT2D eigenvalue weighted by molar-refractivity contribution is 6.30. The van der Waals surface area contributed by atoms with Crippen molar-refractivity contribution >= 4 is 23.6 Å². The number of hydrogen-bond acceptors (Lipinski definition) is 3. The van der Waals surface area contributed by atoms with E-state index in [1.165, 1.54) is 11.0 Å². The lowest BCUT2D eigenvalue weighted by molar-refractivity contribution is 0.0177. The Hall–Kier alpha value is -2.67. The van der Waals surface area contributed by atoms with Crippen LogP contribution in [0.2, 0.25) is 5.02 Å². The van der Waals surface area contributed by atoms with E-state index in [4.69, 9.17) is 16.3 Å². The van der Waals surface area contributed by atoms with Crippen LogP contribution in [0.3, 0.4) is 0 Å². The van der Waals surface area contributed by atoms with Crippen LogP contribution >= 0.6 is 11.6 Å². The van der Waals surface area contributed by atoms with Crippen LogP contribution in [0.1, 0.15) is 49.0 Å². The number of nitrogens with zero attached hydrogens (tertiary/aromatic N) is 1. The summed E-state index contributed by atoms with van der Waals surface area (Å²) in [5.41, 5.74) is 0.269. The summed E-state index contributed by atoms with van der Waals surface area (Å²) in [5.74, 6) is -2.67. The summed E-state index contributed by atoms with van der Waals surface area (Å²) in [4.78, 5) is 26.8. The molecule has 1 saturated heterocycles. The highest BCUT2D eigenvalue weighted by Crippen LogP contribution is 2.30. The minimum atomic E-state index is -0.977. The van der Waals surface area contributed by atoms with Crippen LogP contribution in [0, 0.1) is 11.6 Å². The van der Waals surface area contributed by atoms with Gasteiger partial charge in [-0.25, -0.2) is 13.6 Å². The molecule has 1 unspecified atom stereocenters. The first-order valence-corrected chi connectivity index (χ1v) is 10.4. The van der Waals surface area contributed by atoms with Crippen LogP contribution in [-0.2, 0) is 4.74 Å². The third-order valence-electron chi connectivity index (χ3n) is 5.06. The summed E-state index contributed by atoms with van der Waals surface area (Å²) in [6.45, 7) is 5.89. The molecule has 1 N–H and O–H groups in total. The van der Waals surface area contributed by atoms with Gasteiger partial charge in [0.2, 0.25) is 0 Å². The molecule has 5 nitrogen and oxygen atoms in total. The average Bonchev–Trinajstić information content (AvgIpc) is 2.69. The van der Waals surface area contributed by atoms with E-state index >= 15 is 0 Å². The monoisotopic (exact) mass is 450 g/mol. The van der Waals surface area contributed by atoms with E-state index in [9.17, 15) is 18.4 Å². The van der Waals surface area contributed by atoms with Gasteiger partial charge >= 0.3 is 6.09 Å². The van der Waals surface area contributed by atoms with Crippen molar-refractivity contribution in [1.82, 2.24) is 10.2 Å². The fraction of sp³-hybridized carbons (Fsp3) is 0.391. The van der Waals surface area contributed by atoms with Gasteiger partial charge in [0.05, 0.1) is 0 Å². The smallest absolute Gasteiger partial charge is 0.410 e. The molecule has 1 aliphatic rings. The fourth-order valence-electron chi connectivity index (χ4n) is 3.55. The summed E-state index contributed by atoms with van der Waals surface area (Å²) in [5, 5.41) is 3.48. The molecule has 0 radical (unpaired) electrons. The van der Waals surface area contributed by atoms with E-state index < -0.39 is 29.2 Å². The van der Waals surface area contributed by atoms with Gasteiger partial charge < -0.3 is 15.0 Å². The van der Waals surface area contributed by atoms with Crippen molar-refractivity contribution < 1.29 is 23.1 Å². The molecule has 2 aromatic carbocycles. The summed E-state index contributed by atoms with van der Waals surface area (Å²) < 4.78 is 32.9. The number of nitrogens with one attached hydrogen (secondary N) is 1. The van der Waals surface area contributed by atoms with Gasteiger partial charge in [-0.05, 0) is 69.2 Å². The number of benzene rings is 2. The molecule has 0 spiro atoms. The zero-order valence-corrected chi connectivity index (χ0v) is 18.4. The Labute approximate surface area is 185 Å². The Morgan fingerprint density at radius 2 is 1.77 bits per heavy atom. The lowest BCUT2D eigenvalue weighted by Gasteiger charge is -2.39. The number of hydrogen-bond donors (Lipinski definition) is 1. The average molecular weight is 451 g/mol. The van der Waals surface area contributed by atoms with Crippen molar-refractivity contribution in [3.8, 4) is 0 Å². The first-order chi connectivity index (χ1) is 14.5. The number of halogens is 3. The van der Waals surface area contributed by atoms with Crippen molar-refractivity contribution in [1.29, 1.82) is 0 Å². The van der Waals surface area contributed by atoms with Crippen LogP contribution in [0.5, 0.6) is 0 Å². The largest absolute Gasteiger partial charge is 0.444 e. The van der Waals surface area contributed by atoms with Crippen LogP contribution < -0.4 is 5.32 Å². The Bertz CT molecular complexity index is 960. The zero-order valence-electron chi connectivity index (χ0n) is 17.6. The molecule has 2 atom stereocenters. The van der Waals surface area contributed by atoms with Crippen molar-refractivity contribution in [2.24, 2.45) is 0 Å². The highest BCUT2D eigenvalue weighted by atomic mass is 35.5. The Morgan fingerprint density at radius 1 is 1.10 bits per heavy atom. The predicted octanol–water partition coefficient (Wildman–Crippen LogP) is 5.14. The molecule has 0 saturated carbocycles. The quantitative estimate of drug-likeness (QED) is 0.704. The van der Waals surface area contributed by atoms with Crippen molar-refractivity contribution in [3.63, 3.8) is 0 Å². The minimum absolute atomic E-state index is 0.200. The predicted molar refractivity (Wildman–Crippen MR) is 114 cm³/mol. The topological polar surface area (TPSA) is 58.6 Å².